The number of carbonyl (C=O) groups excluding carboxylic acids is 1. The molecule has 0 amide bonds. The minimum Gasteiger partial charge on any atom is -0.456 e. The van der Waals surface area contributed by atoms with Crippen molar-refractivity contribution in [2.75, 3.05) is 11.5 Å². The minimum atomic E-state index is 0.249. The number of benzene rings is 3. The second kappa shape index (κ2) is 9.45. The number of nitrogens with two attached hydrogens (primary N) is 1. The lowest BCUT2D eigenvalue weighted by atomic mass is 9.94. The fourth-order valence-electron chi connectivity index (χ4n) is 3.49. The molecule has 2 aromatic rings. The van der Waals surface area contributed by atoms with Crippen molar-refractivity contribution in [2.45, 2.75) is 19.8 Å². The van der Waals surface area contributed by atoms with Gasteiger partial charge in [0.15, 0.2) is 0 Å². The van der Waals surface area contributed by atoms with E-state index in [1.807, 2.05) is 61.5 Å². The van der Waals surface area contributed by atoms with Crippen LogP contribution in [0.5, 0.6) is 0 Å². The van der Waals surface area contributed by atoms with Gasteiger partial charge in [-0.05, 0) is 35.5 Å². The fourth-order valence-corrected chi connectivity index (χ4v) is 4.56. The molecule has 1 aliphatic heterocycles. The number of thiocarbonyl (C=S) groups is 1. The average Bonchev–Trinajstić information content (AvgIpc) is 2.77. The van der Waals surface area contributed by atoms with E-state index >= 15 is 0 Å². The Labute approximate surface area is 190 Å². The number of fused-ring (bicyclic) bond motifs is 2. The summed E-state index contributed by atoms with van der Waals surface area (Å²) in [6.45, 7) is 1.88. The van der Waals surface area contributed by atoms with Crippen molar-refractivity contribution >= 4 is 50.7 Å². The molecule has 0 spiro atoms. The van der Waals surface area contributed by atoms with Gasteiger partial charge >= 0.3 is 4.32 Å². The van der Waals surface area contributed by atoms with E-state index < -0.39 is 0 Å². The molecule has 0 unspecified atom stereocenters. The summed E-state index contributed by atoms with van der Waals surface area (Å²) in [5.74, 6) is 1.67. The van der Waals surface area contributed by atoms with Gasteiger partial charge in [-0.15, -0.1) is 0 Å². The highest BCUT2D eigenvalue weighted by atomic mass is 32.2. The quantitative estimate of drug-likeness (QED) is 0.273. The number of hydrogen-bond donors (Lipinski definition) is 2. The Morgan fingerprint density at radius 3 is 2.68 bits per heavy atom. The Bertz CT molecular complexity index is 1300. The standard InChI is InChI=1S/C25H22N2O2S2/c1-2-19(28)12-13-31-25(30)27-18-9-11-21-23(15-18)29-22-14-17(26)8-10-20(22)24(21)16-6-4-3-5-7-16/h3-11,14-15H,2,12-13,26H2,1H3/p+1/b27-18-. The molecule has 1 aliphatic carbocycles. The second-order valence-corrected chi connectivity index (χ2v) is 8.98. The Hall–Kier alpha value is -2.96. The van der Waals surface area contributed by atoms with E-state index in [-0.39, 0.29) is 5.78 Å². The maximum absolute atomic E-state index is 11.5. The minimum absolute atomic E-state index is 0.249. The third-order valence-corrected chi connectivity index (χ3v) is 6.29. The number of nitrogens with one attached hydrogen (secondary N) is 1. The Balaban J connectivity index is 1.78. The van der Waals surface area contributed by atoms with Gasteiger partial charge in [0.05, 0.1) is 6.07 Å². The van der Waals surface area contributed by atoms with Crippen LogP contribution in [0.2, 0.25) is 0 Å². The van der Waals surface area contributed by atoms with E-state index in [1.165, 1.54) is 11.8 Å². The van der Waals surface area contributed by atoms with Crippen molar-refractivity contribution in [1.29, 1.82) is 0 Å². The molecule has 0 atom stereocenters. The number of ketones is 1. The van der Waals surface area contributed by atoms with Crippen molar-refractivity contribution in [3.8, 4) is 22.5 Å². The number of anilines is 1. The summed E-state index contributed by atoms with van der Waals surface area (Å²) in [7, 11) is 0. The molecule has 2 aliphatic rings. The SMILES string of the molecule is CCC(=O)CCSC(=S)/[NH+]=c1/ccc2c(-c3ccccc3)c3ccc(N)cc3oc-2c1. The van der Waals surface area contributed by atoms with Gasteiger partial charge in [-0.2, -0.15) is 4.99 Å². The lowest BCUT2D eigenvalue weighted by Crippen LogP contribution is -2.78. The molecule has 0 saturated carbocycles. The summed E-state index contributed by atoms with van der Waals surface area (Å²) in [5, 5.41) is 1.86. The van der Waals surface area contributed by atoms with Gasteiger partial charge in [0.2, 0.25) is 5.36 Å². The van der Waals surface area contributed by atoms with Gasteiger partial charge < -0.3 is 10.2 Å². The van der Waals surface area contributed by atoms with E-state index in [0.29, 0.717) is 28.6 Å². The highest BCUT2D eigenvalue weighted by Crippen LogP contribution is 2.39. The smallest absolute Gasteiger partial charge is 0.306 e. The van der Waals surface area contributed by atoms with Crippen LogP contribution in [0.4, 0.5) is 5.69 Å². The van der Waals surface area contributed by atoms with E-state index in [0.717, 1.165) is 38.8 Å². The maximum Gasteiger partial charge on any atom is 0.306 e. The first-order chi connectivity index (χ1) is 15.0. The summed E-state index contributed by atoms with van der Waals surface area (Å²) in [6, 6.07) is 22.0. The van der Waals surface area contributed by atoms with Crippen LogP contribution >= 0.6 is 24.0 Å². The van der Waals surface area contributed by atoms with E-state index in [1.54, 1.807) is 0 Å². The molecule has 31 heavy (non-hydrogen) atoms. The number of thioether (sulfide) groups is 1. The topological polar surface area (TPSA) is 70.2 Å². The average molecular weight is 448 g/mol. The van der Waals surface area contributed by atoms with Gasteiger partial charge in [-0.1, -0.05) is 37.3 Å². The van der Waals surface area contributed by atoms with Gasteiger partial charge in [0.1, 0.15) is 17.1 Å². The van der Waals surface area contributed by atoms with Crippen molar-refractivity contribution in [3.05, 3.63) is 72.1 Å². The zero-order valence-corrected chi connectivity index (χ0v) is 18.8. The summed E-state index contributed by atoms with van der Waals surface area (Å²) < 4.78 is 6.86. The van der Waals surface area contributed by atoms with Crippen molar-refractivity contribution in [2.24, 2.45) is 0 Å². The summed E-state index contributed by atoms with van der Waals surface area (Å²) in [4.78, 5) is 14.7. The summed E-state index contributed by atoms with van der Waals surface area (Å²) >= 11 is 6.91. The Morgan fingerprint density at radius 1 is 1.10 bits per heavy atom. The molecule has 2 aromatic carbocycles. The second-order valence-electron chi connectivity index (χ2n) is 7.21. The van der Waals surface area contributed by atoms with Gasteiger partial charge in [0, 0.05) is 65.1 Å². The van der Waals surface area contributed by atoms with Crippen LogP contribution in [-0.2, 0) is 4.79 Å². The van der Waals surface area contributed by atoms with Crippen LogP contribution in [0.1, 0.15) is 19.8 Å². The van der Waals surface area contributed by atoms with Gasteiger partial charge in [-0.3, -0.25) is 4.79 Å². The molecule has 1 heterocycles. The number of Topliss-reactive ketones (excluding diaryl/α,β-unsaturated/α-hetero) is 1. The van der Waals surface area contributed by atoms with Crippen LogP contribution < -0.4 is 16.1 Å². The normalized spacial score (nSPS) is 11.8. The zero-order valence-electron chi connectivity index (χ0n) is 17.2. The third-order valence-electron chi connectivity index (χ3n) is 5.06. The van der Waals surface area contributed by atoms with Gasteiger partial charge in [-0.25, -0.2) is 0 Å². The molecule has 4 nitrogen and oxygen atoms in total. The number of carbonyl (C=O) groups is 1. The number of hydrogen-bond acceptors (Lipinski definition) is 5. The fraction of sp³-hybridized carbons (Fsp3) is 0.160. The van der Waals surface area contributed by atoms with Crippen LogP contribution in [0.15, 0.2) is 71.1 Å². The van der Waals surface area contributed by atoms with Crippen molar-refractivity contribution in [1.82, 2.24) is 0 Å². The van der Waals surface area contributed by atoms with Crippen LogP contribution in [0, 0.1) is 0 Å². The van der Waals surface area contributed by atoms with E-state index in [9.17, 15) is 4.79 Å². The molecule has 0 saturated heterocycles. The predicted octanol–water partition coefficient (Wildman–Crippen LogP) is 4.16. The molecule has 0 radical (unpaired) electrons. The molecule has 156 valence electrons. The summed E-state index contributed by atoms with van der Waals surface area (Å²) in [5.41, 5.74) is 10.6. The van der Waals surface area contributed by atoms with Gasteiger partial charge in [0.25, 0.3) is 0 Å². The molecule has 0 bridgehead atoms. The van der Waals surface area contributed by atoms with Crippen molar-refractivity contribution in [3.63, 3.8) is 0 Å². The predicted molar refractivity (Wildman–Crippen MR) is 132 cm³/mol. The molecular formula is C25H23N2O2S2+. The first kappa shape index (κ1) is 21.3. The first-order valence-electron chi connectivity index (χ1n) is 10.1. The largest absolute Gasteiger partial charge is 0.456 e. The lowest BCUT2D eigenvalue weighted by molar-refractivity contribution is -0.354. The van der Waals surface area contributed by atoms with Crippen LogP contribution in [0.25, 0.3) is 33.4 Å². The Morgan fingerprint density at radius 2 is 1.90 bits per heavy atom. The van der Waals surface area contributed by atoms with E-state index in [2.05, 4.69) is 17.1 Å². The lowest BCUT2D eigenvalue weighted by Gasteiger charge is -2.15. The molecule has 0 fully saturated rings. The molecule has 0 aromatic heterocycles. The highest BCUT2D eigenvalue weighted by Gasteiger charge is 2.18. The molecule has 3 N–H and O–H groups in total. The monoisotopic (exact) mass is 447 g/mol. The highest BCUT2D eigenvalue weighted by molar-refractivity contribution is 8.22. The van der Waals surface area contributed by atoms with Crippen LogP contribution in [-0.4, -0.2) is 15.9 Å². The zero-order chi connectivity index (χ0) is 21.8. The Kier molecular flexibility index (Phi) is 6.49. The third kappa shape index (κ3) is 4.86. The maximum atomic E-state index is 11.5. The molecule has 4 rings (SSSR count). The van der Waals surface area contributed by atoms with Crippen molar-refractivity contribution < 1.29 is 14.2 Å². The van der Waals surface area contributed by atoms with Crippen LogP contribution in [0.3, 0.4) is 0 Å². The molecule has 6 heteroatoms. The summed E-state index contributed by atoms with van der Waals surface area (Å²) in [6.07, 6.45) is 1.10. The van der Waals surface area contributed by atoms with E-state index in [4.69, 9.17) is 22.4 Å². The number of nitrogen functional groups attached to an aromatic ring is 1. The molecular weight excluding hydrogens is 424 g/mol. The number of rotatable bonds is 5. The first-order valence-corrected chi connectivity index (χ1v) is 11.5.